The molecule has 0 radical (unpaired) electrons. The van der Waals surface area contributed by atoms with Crippen LogP contribution in [0.4, 0.5) is 30.7 Å². The normalized spacial score (nSPS) is 17.3. The summed E-state index contributed by atoms with van der Waals surface area (Å²) in [5, 5.41) is 3.11. The standard InChI is InChI=1S/C22H15F7N4O4S/c1-2-38(35,36)31-15-8-32-16(21(15,25)26)9-33(20(32)34)19-18-11(17-12(23)4-3-5-13(17)24)6-10(22(27,28)29)7-14(18)37-30-19/h3-7,9,15,31H,2,8H2,1H3/t15-/m1/s1. The fourth-order valence-corrected chi connectivity index (χ4v) is 5.12. The van der Waals surface area contributed by atoms with Gasteiger partial charge in [-0.3, -0.25) is 4.57 Å². The number of alkyl halides is 5. The second-order valence-corrected chi connectivity index (χ2v) is 10.5. The molecule has 2 aromatic carbocycles. The first-order chi connectivity index (χ1) is 17.7. The highest BCUT2D eigenvalue weighted by Crippen LogP contribution is 2.42. The van der Waals surface area contributed by atoms with Crippen molar-refractivity contribution in [2.45, 2.75) is 31.6 Å². The molecule has 202 valence electrons. The molecule has 1 aliphatic rings. The molecule has 4 aromatic rings. The highest BCUT2D eigenvalue weighted by molar-refractivity contribution is 7.89. The molecule has 38 heavy (non-hydrogen) atoms. The second-order valence-electron chi connectivity index (χ2n) is 8.47. The number of hydrogen-bond donors (Lipinski definition) is 1. The molecular formula is C22H15F7N4O4S. The lowest BCUT2D eigenvalue weighted by molar-refractivity contribution is -0.137. The molecule has 0 fully saturated rings. The lowest BCUT2D eigenvalue weighted by Crippen LogP contribution is -2.45. The van der Waals surface area contributed by atoms with Crippen LogP contribution < -0.4 is 10.4 Å². The first-order valence-electron chi connectivity index (χ1n) is 10.8. The Morgan fingerprint density at radius 3 is 2.42 bits per heavy atom. The summed E-state index contributed by atoms with van der Waals surface area (Å²) in [6, 6.07) is 1.54. The van der Waals surface area contributed by atoms with Crippen LogP contribution in [0.1, 0.15) is 18.2 Å². The van der Waals surface area contributed by atoms with Gasteiger partial charge in [-0.2, -0.15) is 22.0 Å². The summed E-state index contributed by atoms with van der Waals surface area (Å²) in [5.74, 6) is -7.42. The summed E-state index contributed by atoms with van der Waals surface area (Å²) in [7, 11) is -4.07. The van der Waals surface area contributed by atoms with Crippen molar-refractivity contribution < 1.29 is 43.7 Å². The average molecular weight is 564 g/mol. The number of nitrogens with zero attached hydrogens (tertiary/aromatic N) is 3. The number of rotatable bonds is 5. The Morgan fingerprint density at radius 2 is 1.84 bits per heavy atom. The smallest absolute Gasteiger partial charge is 0.354 e. The number of halogens is 7. The van der Waals surface area contributed by atoms with Gasteiger partial charge in [0.1, 0.15) is 23.4 Å². The highest BCUT2D eigenvalue weighted by Gasteiger charge is 2.52. The maximum absolute atomic E-state index is 15.1. The minimum Gasteiger partial charge on any atom is -0.354 e. The Morgan fingerprint density at radius 1 is 1.18 bits per heavy atom. The number of benzene rings is 2. The van der Waals surface area contributed by atoms with Gasteiger partial charge in [0.15, 0.2) is 11.4 Å². The van der Waals surface area contributed by atoms with E-state index in [9.17, 15) is 35.2 Å². The van der Waals surface area contributed by atoms with Crippen LogP contribution in [0.5, 0.6) is 0 Å². The lowest BCUT2D eigenvalue weighted by Gasteiger charge is -2.19. The van der Waals surface area contributed by atoms with Crippen LogP contribution in [0.3, 0.4) is 0 Å². The van der Waals surface area contributed by atoms with Crippen molar-refractivity contribution in [3.8, 4) is 16.9 Å². The molecule has 16 heteroatoms. The Hall–Kier alpha value is -3.66. The molecule has 0 bridgehead atoms. The minimum absolute atomic E-state index is 0.434. The molecule has 0 saturated carbocycles. The van der Waals surface area contributed by atoms with Gasteiger partial charge in [-0.25, -0.2) is 31.3 Å². The van der Waals surface area contributed by atoms with Crippen LogP contribution in [0.2, 0.25) is 0 Å². The van der Waals surface area contributed by atoms with E-state index in [4.69, 9.17) is 4.52 Å². The van der Waals surface area contributed by atoms with Gasteiger partial charge < -0.3 is 4.52 Å². The zero-order chi connectivity index (χ0) is 27.8. The van der Waals surface area contributed by atoms with Gasteiger partial charge in [-0.05, 0) is 31.2 Å². The van der Waals surface area contributed by atoms with Gasteiger partial charge in [-0.15, -0.1) is 0 Å². The Labute approximate surface area is 208 Å². The fraction of sp³-hybridized carbons (Fsp3) is 0.273. The average Bonchev–Trinajstić information content (AvgIpc) is 3.45. The van der Waals surface area contributed by atoms with Gasteiger partial charge >= 0.3 is 17.8 Å². The second kappa shape index (κ2) is 8.42. The molecule has 2 aromatic heterocycles. The number of sulfonamides is 1. The van der Waals surface area contributed by atoms with E-state index >= 15 is 8.78 Å². The molecule has 3 heterocycles. The Bertz CT molecular complexity index is 1740. The zero-order valence-electron chi connectivity index (χ0n) is 19.0. The fourth-order valence-electron chi connectivity index (χ4n) is 4.30. The molecule has 0 spiro atoms. The molecular weight excluding hydrogens is 549 g/mol. The van der Waals surface area contributed by atoms with Gasteiger partial charge in [0, 0.05) is 11.8 Å². The van der Waals surface area contributed by atoms with E-state index in [0.29, 0.717) is 27.5 Å². The molecule has 0 amide bonds. The summed E-state index contributed by atoms with van der Waals surface area (Å²) in [4.78, 5) is 13.1. The maximum atomic E-state index is 15.1. The molecule has 0 saturated heterocycles. The third kappa shape index (κ3) is 3.98. The summed E-state index contributed by atoms with van der Waals surface area (Å²) in [5.41, 5.74) is -5.59. The first-order valence-corrected chi connectivity index (χ1v) is 12.5. The molecule has 1 N–H and O–H groups in total. The van der Waals surface area contributed by atoms with E-state index in [0.717, 1.165) is 18.2 Å². The lowest BCUT2D eigenvalue weighted by atomic mass is 9.97. The maximum Gasteiger partial charge on any atom is 0.416 e. The monoisotopic (exact) mass is 564 g/mol. The van der Waals surface area contributed by atoms with Crippen LogP contribution in [0.25, 0.3) is 27.9 Å². The van der Waals surface area contributed by atoms with Crippen molar-refractivity contribution in [1.29, 1.82) is 0 Å². The summed E-state index contributed by atoms with van der Waals surface area (Å²) >= 11 is 0. The SMILES string of the molecule is CCS(=O)(=O)N[C@@H]1Cn2c(cn(-c3noc4cc(C(F)(F)F)cc(-c5c(F)cccc5F)c34)c2=O)C1(F)F. The summed E-state index contributed by atoms with van der Waals surface area (Å²) < 4.78 is 132. The van der Waals surface area contributed by atoms with E-state index in [-0.39, 0.29) is 0 Å². The predicted molar refractivity (Wildman–Crippen MR) is 118 cm³/mol. The molecule has 8 nitrogen and oxygen atoms in total. The molecule has 1 atom stereocenters. The van der Waals surface area contributed by atoms with Crippen LogP contribution >= 0.6 is 0 Å². The van der Waals surface area contributed by atoms with Crippen molar-refractivity contribution in [1.82, 2.24) is 19.0 Å². The number of hydrogen-bond acceptors (Lipinski definition) is 5. The molecule has 0 unspecified atom stereocenters. The van der Waals surface area contributed by atoms with E-state index in [1.807, 2.05) is 4.72 Å². The number of fused-ring (bicyclic) bond motifs is 2. The van der Waals surface area contributed by atoms with E-state index in [2.05, 4.69) is 5.16 Å². The van der Waals surface area contributed by atoms with Gasteiger partial charge in [0.2, 0.25) is 10.0 Å². The van der Waals surface area contributed by atoms with Gasteiger partial charge in [0.25, 0.3) is 0 Å². The van der Waals surface area contributed by atoms with Crippen LogP contribution in [-0.2, 0) is 28.7 Å². The van der Waals surface area contributed by atoms with Gasteiger partial charge in [-0.1, -0.05) is 11.2 Å². The van der Waals surface area contributed by atoms with Gasteiger partial charge in [0.05, 0.1) is 28.8 Å². The van der Waals surface area contributed by atoms with Crippen molar-refractivity contribution in [2.24, 2.45) is 0 Å². The largest absolute Gasteiger partial charge is 0.416 e. The number of aromatic nitrogens is 3. The third-order valence-corrected chi connectivity index (χ3v) is 7.57. The molecule has 5 rings (SSSR count). The van der Waals surface area contributed by atoms with Crippen LogP contribution in [0.15, 0.2) is 45.8 Å². The van der Waals surface area contributed by atoms with E-state index < -0.39 is 97.0 Å². The van der Waals surface area contributed by atoms with E-state index in [1.165, 1.54) is 6.92 Å². The summed E-state index contributed by atoms with van der Waals surface area (Å²) in [6.45, 7) is 0.467. The summed E-state index contributed by atoms with van der Waals surface area (Å²) in [6.07, 6.45) is -4.34. The predicted octanol–water partition coefficient (Wildman–Crippen LogP) is 4.16. The molecule has 1 aliphatic heterocycles. The minimum atomic E-state index is -4.96. The Balaban J connectivity index is 1.73. The van der Waals surface area contributed by atoms with Crippen molar-refractivity contribution in [3.05, 3.63) is 69.9 Å². The van der Waals surface area contributed by atoms with E-state index in [1.54, 1.807) is 0 Å². The Kier molecular flexibility index (Phi) is 5.76. The third-order valence-electron chi connectivity index (χ3n) is 6.17. The van der Waals surface area contributed by atoms with Crippen molar-refractivity contribution >= 4 is 21.0 Å². The zero-order valence-corrected chi connectivity index (χ0v) is 19.8. The van der Waals surface area contributed by atoms with Crippen molar-refractivity contribution in [2.75, 3.05) is 5.75 Å². The van der Waals surface area contributed by atoms with Crippen LogP contribution in [0, 0.1) is 11.6 Å². The number of imidazole rings is 1. The highest BCUT2D eigenvalue weighted by atomic mass is 32.2. The van der Waals surface area contributed by atoms with Crippen molar-refractivity contribution in [3.63, 3.8) is 0 Å². The first kappa shape index (κ1) is 26.0. The van der Waals surface area contributed by atoms with Crippen LogP contribution in [-0.4, -0.2) is 34.5 Å². The quantitative estimate of drug-likeness (QED) is 0.367. The topological polar surface area (TPSA) is 99.1 Å². The molecule has 0 aliphatic carbocycles. The number of nitrogens with one attached hydrogen (secondary N) is 1.